The van der Waals surface area contributed by atoms with Gasteiger partial charge < -0.3 is 15.8 Å². The van der Waals surface area contributed by atoms with Crippen LogP contribution in [0.1, 0.15) is 0 Å². The summed E-state index contributed by atoms with van der Waals surface area (Å²) in [5.41, 5.74) is 8.39. The molecule has 0 amide bonds. The van der Waals surface area contributed by atoms with E-state index in [2.05, 4.69) is 31.1 Å². The summed E-state index contributed by atoms with van der Waals surface area (Å²) in [7, 11) is -7.86. The normalized spacial score (nSPS) is 12.2. The molecule has 0 atom stereocenters. The minimum Gasteiger partial charge on any atom is -0.370 e. The average Bonchev–Trinajstić information content (AvgIpc) is 2.73. The van der Waals surface area contributed by atoms with Crippen LogP contribution >= 0.6 is 12.0 Å². The molecule has 2 aromatic carbocycles. The number of rotatable bonds is 11. The van der Waals surface area contributed by atoms with Crippen molar-refractivity contribution in [1.82, 2.24) is 25.7 Å². The van der Waals surface area contributed by atoms with E-state index in [9.17, 15) is 25.9 Å². The lowest BCUT2D eigenvalue weighted by molar-refractivity contribution is 0.148. The number of benzene rings is 2. The highest BCUT2D eigenvalue weighted by Crippen LogP contribution is 2.31. The van der Waals surface area contributed by atoms with E-state index in [1.165, 1.54) is 19.2 Å². The number of aromatic nitrogens is 3. The standard InChI is InChI=1S/C16H19N7O8S3/c1-30-8-18-7-19-31-32-16-22-14(17)21-15(23-16)20-10-4-9-2-3-11(33(24,25)26)6-12(9)13(5-10)34(27,28)29/h2-6,18-19H,7-8H2,1H3,(H,24,25,26)(H,27,28,29)(H3,17,20,21,22,23). The molecule has 0 aliphatic carbocycles. The van der Waals surface area contributed by atoms with Gasteiger partial charge in [-0.1, -0.05) is 6.07 Å². The average molecular weight is 534 g/mol. The molecule has 0 bridgehead atoms. The quantitative estimate of drug-likeness (QED) is 0.0648. The van der Waals surface area contributed by atoms with Crippen molar-refractivity contribution in [1.29, 1.82) is 0 Å². The molecule has 0 unspecified atom stereocenters. The maximum atomic E-state index is 11.9. The Morgan fingerprint density at radius 1 is 1.06 bits per heavy atom. The first-order valence-electron chi connectivity index (χ1n) is 9.05. The zero-order valence-corrected chi connectivity index (χ0v) is 19.7. The smallest absolute Gasteiger partial charge is 0.295 e. The molecule has 0 radical (unpaired) electrons. The van der Waals surface area contributed by atoms with Crippen LogP contribution in [0.3, 0.4) is 0 Å². The van der Waals surface area contributed by atoms with Crippen molar-refractivity contribution in [2.75, 3.05) is 31.6 Å². The van der Waals surface area contributed by atoms with Gasteiger partial charge in [-0.2, -0.15) is 37.3 Å². The largest absolute Gasteiger partial charge is 0.370 e. The molecule has 1 heterocycles. The second kappa shape index (κ2) is 10.7. The number of hydroxylamine groups is 1. The summed E-state index contributed by atoms with van der Waals surface area (Å²) in [6.45, 7) is 0.573. The number of nitrogens with two attached hydrogens (primary N) is 1. The molecule has 184 valence electrons. The van der Waals surface area contributed by atoms with Crippen LogP contribution in [0.4, 0.5) is 17.6 Å². The van der Waals surface area contributed by atoms with Gasteiger partial charge in [0.15, 0.2) is 0 Å². The van der Waals surface area contributed by atoms with E-state index in [0.717, 1.165) is 30.2 Å². The minimum atomic E-state index is -4.79. The van der Waals surface area contributed by atoms with Crippen LogP contribution in [0.15, 0.2) is 45.3 Å². The molecule has 1 aromatic heterocycles. The first-order chi connectivity index (χ1) is 16.0. The molecule has 0 spiro atoms. The third kappa shape index (κ3) is 6.91. The molecule has 0 saturated carbocycles. The highest BCUT2D eigenvalue weighted by Gasteiger charge is 2.19. The van der Waals surface area contributed by atoms with E-state index in [-0.39, 0.29) is 40.2 Å². The summed E-state index contributed by atoms with van der Waals surface area (Å²) < 4.78 is 75.6. The Balaban J connectivity index is 1.89. The molecular weight excluding hydrogens is 514 g/mol. The van der Waals surface area contributed by atoms with E-state index in [1.54, 1.807) is 0 Å². The molecule has 34 heavy (non-hydrogen) atoms. The lowest BCUT2D eigenvalue weighted by atomic mass is 10.1. The highest BCUT2D eigenvalue weighted by molar-refractivity contribution is 7.94. The van der Waals surface area contributed by atoms with Gasteiger partial charge in [0.2, 0.25) is 17.1 Å². The van der Waals surface area contributed by atoms with Gasteiger partial charge in [0.05, 0.1) is 30.3 Å². The number of hydrogen-bond donors (Lipinski definition) is 6. The van der Waals surface area contributed by atoms with Gasteiger partial charge >= 0.3 is 0 Å². The molecule has 3 rings (SSSR count). The molecule has 0 fully saturated rings. The third-order valence-corrected chi connectivity index (χ3v) is 6.25. The second-order valence-electron chi connectivity index (χ2n) is 6.40. The van der Waals surface area contributed by atoms with Gasteiger partial charge in [0.25, 0.3) is 20.2 Å². The van der Waals surface area contributed by atoms with Crippen LogP contribution in [0.25, 0.3) is 10.8 Å². The number of methoxy groups -OCH3 is 1. The molecule has 15 nitrogen and oxygen atoms in total. The monoisotopic (exact) mass is 533 g/mol. The Kier molecular flexibility index (Phi) is 8.17. The van der Waals surface area contributed by atoms with Crippen LogP contribution < -0.4 is 21.8 Å². The topological polar surface area (TPSA) is 228 Å². The first-order valence-corrected chi connectivity index (χ1v) is 12.7. The molecule has 0 aliphatic rings. The predicted molar refractivity (Wildman–Crippen MR) is 121 cm³/mol. The maximum Gasteiger partial charge on any atom is 0.295 e. The molecule has 0 aliphatic heterocycles. The number of nitrogens with one attached hydrogen (secondary N) is 3. The van der Waals surface area contributed by atoms with Crippen LogP contribution in [-0.4, -0.2) is 61.4 Å². The minimum absolute atomic E-state index is 0.0636. The number of nitrogens with zero attached hydrogens (tertiary/aromatic N) is 3. The molecule has 18 heteroatoms. The number of hydrogen-bond acceptors (Lipinski definition) is 14. The van der Waals surface area contributed by atoms with E-state index >= 15 is 0 Å². The van der Waals surface area contributed by atoms with Crippen molar-refractivity contribution in [3.8, 4) is 0 Å². The van der Waals surface area contributed by atoms with Crippen molar-refractivity contribution in [3.05, 3.63) is 30.3 Å². The fourth-order valence-corrected chi connectivity index (χ4v) is 4.33. The molecule has 3 aromatic rings. The number of anilines is 3. The van der Waals surface area contributed by atoms with Gasteiger partial charge in [0, 0.05) is 18.2 Å². The number of nitrogen functional groups attached to an aromatic ring is 1. The Morgan fingerprint density at radius 3 is 2.50 bits per heavy atom. The Morgan fingerprint density at radius 2 is 1.82 bits per heavy atom. The number of ether oxygens (including phenoxy) is 1. The highest BCUT2D eigenvalue weighted by atomic mass is 32.2. The lowest BCUT2D eigenvalue weighted by Crippen LogP contribution is -2.28. The van der Waals surface area contributed by atoms with Crippen molar-refractivity contribution >= 4 is 60.6 Å². The first kappa shape index (κ1) is 25.9. The number of fused-ring (bicyclic) bond motifs is 1. The summed E-state index contributed by atoms with van der Waals surface area (Å²) in [6, 6.07) is 5.76. The van der Waals surface area contributed by atoms with Gasteiger partial charge in [-0.15, -0.1) is 0 Å². The molecule has 7 N–H and O–H groups in total. The van der Waals surface area contributed by atoms with Crippen LogP contribution in [0, 0.1) is 0 Å². The second-order valence-corrected chi connectivity index (χ2v) is 9.91. The van der Waals surface area contributed by atoms with Gasteiger partial charge in [0.1, 0.15) is 4.90 Å². The van der Waals surface area contributed by atoms with Gasteiger partial charge in [-0.3, -0.25) is 14.4 Å². The lowest BCUT2D eigenvalue weighted by Gasteiger charge is -2.11. The maximum absolute atomic E-state index is 11.9. The fourth-order valence-electron chi connectivity index (χ4n) is 2.64. The van der Waals surface area contributed by atoms with E-state index in [4.69, 9.17) is 14.8 Å². The summed E-state index contributed by atoms with van der Waals surface area (Å²) >= 11 is 0.741. The fraction of sp³-hybridized carbons (Fsp3) is 0.188. The van der Waals surface area contributed by atoms with Crippen molar-refractivity contribution in [2.24, 2.45) is 0 Å². The van der Waals surface area contributed by atoms with E-state index in [1.807, 2.05) is 0 Å². The van der Waals surface area contributed by atoms with Crippen molar-refractivity contribution in [2.45, 2.75) is 14.9 Å². The van der Waals surface area contributed by atoms with Gasteiger partial charge in [-0.25, -0.2) is 4.28 Å². The van der Waals surface area contributed by atoms with E-state index in [0.29, 0.717) is 6.73 Å². The van der Waals surface area contributed by atoms with Crippen LogP contribution in [0.5, 0.6) is 0 Å². The molecule has 0 saturated heterocycles. The predicted octanol–water partition coefficient (Wildman–Crippen LogP) is 0.523. The van der Waals surface area contributed by atoms with E-state index < -0.39 is 30.0 Å². The summed E-state index contributed by atoms with van der Waals surface area (Å²) in [6.07, 6.45) is 0. The zero-order valence-electron chi connectivity index (χ0n) is 17.3. The van der Waals surface area contributed by atoms with Crippen LogP contribution in [0.2, 0.25) is 0 Å². The molecular formula is C16H19N7O8S3. The van der Waals surface area contributed by atoms with Crippen molar-refractivity contribution in [3.63, 3.8) is 0 Å². The third-order valence-electron chi connectivity index (χ3n) is 3.97. The van der Waals surface area contributed by atoms with Crippen LogP contribution in [-0.2, 0) is 29.3 Å². The van der Waals surface area contributed by atoms with Gasteiger partial charge in [-0.05, 0) is 29.7 Å². The SMILES string of the molecule is COCNCNOSc1nc(N)nc(Nc2cc(S(=O)(=O)O)c3cc(S(=O)(=O)O)ccc3c2)n1. The summed E-state index contributed by atoms with van der Waals surface area (Å²) in [5.74, 6) is -0.221. The Labute approximate surface area is 198 Å². The Bertz CT molecular complexity index is 1400. The summed E-state index contributed by atoms with van der Waals surface area (Å²) in [5, 5.41) is 5.77. The zero-order chi connectivity index (χ0) is 24.9. The summed E-state index contributed by atoms with van der Waals surface area (Å²) in [4.78, 5) is 10.8. The Hall–Kier alpha value is -2.68. The van der Waals surface area contributed by atoms with Crippen molar-refractivity contribution < 1.29 is 35.0 Å².